The molecule has 0 amide bonds. The number of hydrogen-bond acceptors (Lipinski definition) is 3. The van der Waals surface area contributed by atoms with Crippen LogP contribution in [-0.2, 0) is 0 Å². The summed E-state index contributed by atoms with van der Waals surface area (Å²) in [5, 5.41) is 28.4. The van der Waals surface area contributed by atoms with Crippen LogP contribution >= 0.6 is 0 Å². The Kier molecular flexibility index (Phi) is 9.20. The van der Waals surface area contributed by atoms with E-state index >= 15 is 0 Å². The second-order valence-corrected chi connectivity index (χ2v) is 8.63. The molecule has 0 heterocycles. The molecule has 0 aromatic carbocycles. The normalized spacial score (nSPS) is 22.3. The molecule has 3 nitrogen and oxygen atoms in total. The molecule has 0 saturated heterocycles. The fourth-order valence-electron chi connectivity index (χ4n) is 3.30. The average molecular weight is 444 g/mol. The molecule has 0 spiro atoms. The van der Waals surface area contributed by atoms with Crippen LogP contribution in [0.1, 0.15) is 58.8 Å². The van der Waals surface area contributed by atoms with Gasteiger partial charge in [0.2, 0.25) is 0 Å². The third-order valence-electron chi connectivity index (χ3n) is 5.13. The molecule has 2 atom stereocenters. The Labute approximate surface area is 172 Å². The largest absolute Gasteiger partial charge is 0.429 e. The molecule has 174 valence electrons. The summed E-state index contributed by atoms with van der Waals surface area (Å²) in [5.41, 5.74) is -4.45. The zero-order chi connectivity index (χ0) is 23.2. The van der Waals surface area contributed by atoms with Crippen LogP contribution in [-0.4, -0.2) is 45.5 Å². The fourth-order valence-corrected chi connectivity index (χ4v) is 3.30. The number of unbranched alkanes of at least 4 members (excludes halogenated alkanes) is 1. The van der Waals surface area contributed by atoms with Crippen LogP contribution in [0.4, 0.5) is 26.3 Å². The first-order valence-electron chi connectivity index (χ1n) is 9.81. The van der Waals surface area contributed by atoms with Crippen molar-refractivity contribution in [2.45, 2.75) is 89.0 Å². The highest BCUT2D eigenvalue weighted by Gasteiger charge is 2.68. The zero-order valence-electron chi connectivity index (χ0n) is 17.1. The van der Waals surface area contributed by atoms with E-state index in [1.807, 2.05) is 18.2 Å². The smallest absolute Gasteiger partial charge is 0.393 e. The van der Waals surface area contributed by atoms with E-state index in [1.54, 1.807) is 13.8 Å². The lowest BCUT2D eigenvalue weighted by Crippen LogP contribution is -2.55. The fraction of sp³-hybridized carbons (Fsp3) is 0.714. The van der Waals surface area contributed by atoms with Crippen LogP contribution in [0.25, 0.3) is 0 Å². The van der Waals surface area contributed by atoms with Crippen molar-refractivity contribution in [2.75, 3.05) is 0 Å². The maximum Gasteiger partial charge on any atom is 0.429 e. The van der Waals surface area contributed by atoms with Gasteiger partial charge in [-0.05, 0) is 56.4 Å². The second kappa shape index (κ2) is 10.3. The molecule has 0 aromatic heterocycles. The van der Waals surface area contributed by atoms with Crippen molar-refractivity contribution >= 4 is 0 Å². The first-order valence-corrected chi connectivity index (χ1v) is 9.81. The van der Waals surface area contributed by atoms with E-state index in [1.165, 1.54) is 0 Å². The molecule has 1 saturated carbocycles. The molecular formula is C21H30F6O3. The maximum atomic E-state index is 12.7. The molecule has 1 fully saturated rings. The quantitative estimate of drug-likeness (QED) is 0.268. The van der Waals surface area contributed by atoms with E-state index in [9.17, 15) is 36.6 Å². The van der Waals surface area contributed by atoms with Crippen LogP contribution in [0.2, 0.25) is 0 Å². The molecule has 0 radical (unpaired) electrons. The average Bonchev–Trinajstić information content (AvgIpc) is 2.54. The molecule has 1 aliphatic carbocycles. The lowest BCUT2D eigenvalue weighted by molar-refractivity contribution is -0.347. The van der Waals surface area contributed by atoms with Gasteiger partial charge in [0.25, 0.3) is 5.60 Å². The van der Waals surface area contributed by atoms with E-state index in [0.717, 1.165) is 11.6 Å². The molecule has 2 unspecified atom stereocenters. The zero-order valence-corrected chi connectivity index (χ0v) is 17.1. The van der Waals surface area contributed by atoms with Gasteiger partial charge in [0.15, 0.2) is 0 Å². The Hall–Kier alpha value is -1.32. The van der Waals surface area contributed by atoms with Crippen LogP contribution < -0.4 is 0 Å². The third-order valence-corrected chi connectivity index (χ3v) is 5.13. The molecule has 0 bridgehead atoms. The Bertz CT molecular complexity index is 606. The summed E-state index contributed by atoms with van der Waals surface area (Å²) in [4.78, 5) is 0. The summed E-state index contributed by atoms with van der Waals surface area (Å²) in [6.45, 7) is 3.46. The SMILES string of the molecule is CC(C)(C/C=C/C(O)(C(F)(F)F)C(F)(F)F)CCC/C=C/C=C1CC(O)CC(O)C1. The van der Waals surface area contributed by atoms with Gasteiger partial charge in [-0.25, -0.2) is 0 Å². The van der Waals surface area contributed by atoms with Gasteiger partial charge in [0.1, 0.15) is 0 Å². The van der Waals surface area contributed by atoms with Gasteiger partial charge in [-0.1, -0.05) is 43.7 Å². The minimum absolute atomic E-state index is 0.0506. The number of allylic oxidation sites excluding steroid dienone is 4. The van der Waals surface area contributed by atoms with Crippen molar-refractivity contribution < 1.29 is 41.7 Å². The highest BCUT2D eigenvalue weighted by molar-refractivity contribution is 5.16. The monoisotopic (exact) mass is 444 g/mol. The Morgan fingerprint density at radius 3 is 1.97 bits per heavy atom. The highest BCUT2D eigenvalue weighted by Crippen LogP contribution is 2.44. The molecule has 30 heavy (non-hydrogen) atoms. The standard InChI is InChI=1S/C21H30F6O3/c1-18(2,10-7-11-19(30,20(22,23)24)21(25,26)27)9-6-4-3-5-8-15-12-16(28)14-17(29)13-15/h3,5,7-8,11,16-17,28-30H,4,6,9-10,12-14H2,1-2H3/b5-3+,11-7+,15-8?. The number of aliphatic hydroxyl groups is 3. The third kappa shape index (κ3) is 8.07. The minimum Gasteiger partial charge on any atom is -0.393 e. The summed E-state index contributed by atoms with van der Waals surface area (Å²) >= 11 is 0. The molecular weight excluding hydrogens is 414 g/mol. The van der Waals surface area contributed by atoms with Crippen molar-refractivity contribution in [1.82, 2.24) is 0 Å². The molecule has 3 N–H and O–H groups in total. The lowest BCUT2D eigenvalue weighted by Gasteiger charge is -2.30. The predicted octanol–water partition coefficient (Wildman–Crippen LogP) is 5.37. The van der Waals surface area contributed by atoms with E-state index in [2.05, 4.69) is 0 Å². The Morgan fingerprint density at radius 2 is 1.47 bits per heavy atom. The summed E-state index contributed by atoms with van der Waals surface area (Å²) < 4.78 is 75.9. The van der Waals surface area contributed by atoms with Crippen LogP contribution in [0.15, 0.2) is 36.0 Å². The van der Waals surface area contributed by atoms with Crippen LogP contribution in [0.5, 0.6) is 0 Å². The summed E-state index contributed by atoms with van der Waals surface area (Å²) in [7, 11) is 0. The van der Waals surface area contributed by atoms with Crippen LogP contribution in [0, 0.1) is 5.41 Å². The van der Waals surface area contributed by atoms with Crippen LogP contribution in [0.3, 0.4) is 0 Å². The van der Waals surface area contributed by atoms with Gasteiger partial charge in [0, 0.05) is 0 Å². The van der Waals surface area contributed by atoms with E-state index in [-0.39, 0.29) is 12.5 Å². The van der Waals surface area contributed by atoms with E-state index in [0.29, 0.717) is 38.5 Å². The number of alkyl halides is 6. The maximum absolute atomic E-state index is 12.7. The highest BCUT2D eigenvalue weighted by atomic mass is 19.4. The Morgan fingerprint density at radius 1 is 0.933 bits per heavy atom. The molecule has 1 rings (SSSR count). The van der Waals surface area contributed by atoms with Gasteiger partial charge in [-0.2, -0.15) is 26.3 Å². The summed E-state index contributed by atoms with van der Waals surface area (Å²) in [6.07, 6.45) is -3.47. The minimum atomic E-state index is -5.85. The summed E-state index contributed by atoms with van der Waals surface area (Å²) in [6, 6.07) is 0. The first kappa shape index (κ1) is 26.7. The van der Waals surface area contributed by atoms with Gasteiger partial charge in [0.05, 0.1) is 12.2 Å². The Balaban J connectivity index is 2.51. The number of halogens is 6. The first-order chi connectivity index (χ1) is 13.6. The number of rotatable bonds is 8. The van der Waals surface area contributed by atoms with Crippen molar-refractivity contribution in [3.63, 3.8) is 0 Å². The molecule has 9 heteroatoms. The predicted molar refractivity (Wildman–Crippen MR) is 102 cm³/mol. The van der Waals surface area contributed by atoms with Gasteiger partial charge in [-0.3, -0.25) is 0 Å². The lowest BCUT2D eigenvalue weighted by atomic mass is 9.83. The number of hydrogen-bond donors (Lipinski definition) is 3. The van der Waals surface area contributed by atoms with E-state index in [4.69, 9.17) is 5.11 Å². The van der Waals surface area contributed by atoms with Crippen molar-refractivity contribution in [3.8, 4) is 0 Å². The topological polar surface area (TPSA) is 60.7 Å². The molecule has 0 aliphatic heterocycles. The molecule has 0 aromatic rings. The van der Waals surface area contributed by atoms with Crippen molar-refractivity contribution in [3.05, 3.63) is 36.0 Å². The van der Waals surface area contributed by atoms with Gasteiger partial charge in [-0.15, -0.1) is 0 Å². The van der Waals surface area contributed by atoms with Gasteiger partial charge < -0.3 is 15.3 Å². The molecule has 1 aliphatic rings. The van der Waals surface area contributed by atoms with E-state index < -0.39 is 35.6 Å². The second-order valence-electron chi connectivity index (χ2n) is 8.63. The summed E-state index contributed by atoms with van der Waals surface area (Å²) in [5.74, 6) is 0. The van der Waals surface area contributed by atoms with Gasteiger partial charge >= 0.3 is 12.4 Å². The van der Waals surface area contributed by atoms with Crippen molar-refractivity contribution in [1.29, 1.82) is 0 Å². The number of aliphatic hydroxyl groups excluding tert-OH is 2. The van der Waals surface area contributed by atoms with Crippen molar-refractivity contribution in [2.24, 2.45) is 5.41 Å².